The summed E-state index contributed by atoms with van der Waals surface area (Å²) in [6.45, 7) is 0.669. The van der Waals surface area contributed by atoms with E-state index in [1.807, 2.05) is 0 Å². The number of carbonyl (C=O) groups excluding carboxylic acids is 1. The van der Waals surface area contributed by atoms with Crippen LogP contribution in [0.4, 0.5) is 0 Å². The molecule has 2 nitrogen and oxygen atoms in total. The van der Waals surface area contributed by atoms with Crippen LogP contribution in [0.5, 0.6) is 0 Å². The molecule has 13 heavy (non-hydrogen) atoms. The molecule has 0 aromatic heterocycles. The highest BCUT2D eigenvalue weighted by atomic mass is 16.5. The van der Waals surface area contributed by atoms with Gasteiger partial charge in [-0.3, -0.25) is 4.79 Å². The molecule has 3 fully saturated rings. The zero-order chi connectivity index (χ0) is 8.84. The van der Waals surface area contributed by atoms with Crippen LogP contribution in [0, 0.1) is 11.8 Å². The lowest BCUT2D eigenvalue weighted by molar-refractivity contribution is -0.140. The maximum absolute atomic E-state index is 11.2. The molecule has 0 aromatic carbocycles. The average molecular weight is 178 g/mol. The SMILES string of the molecule is O=C1OC[C@H]2C(=C3CCCCC3)[C@H]12. The molecular weight excluding hydrogens is 164 g/mol. The maximum atomic E-state index is 11.2. The number of rotatable bonds is 0. The van der Waals surface area contributed by atoms with Gasteiger partial charge in [-0.15, -0.1) is 0 Å². The van der Waals surface area contributed by atoms with Crippen molar-refractivity contribution in [2.75, 3.05) is 6.61 Å². The molecule has 0 N–H and O–H groups in total. The highest BCUT2D eigenvalue weighted by molar-refractivity contribution is 5.85. The highest BCUT2D eigenvalue weighted by Crippen LogP contribution is 2.54. The Hall–Kier alpha value is -0.790. The van der Waals surface area contributed by atoms with Crippen LogP contribution in [-0.2, 0) is 9.53 Å². The van der Waals surface area contributed by atoms with Crippen molar-refractivity contribution in [2.24, 2.45) is 11.8 Å². The number of fused-ring (bicyclic) bond motifs is 1. The molecule has 1 heterocycles. The fourth-order valence-corrected chi connectivity index (χ4v) is 2.81. The first-order valence-corrected chi connectivity index (χ1v) is 5.26. The summed E-state index contributed by atoms with van der Waals surface area (Å²) < 4.78 is 4.96. The fourth-order valence-electron chi connectivity index (χ4n) is 2.81. The summed E-state index contributed by atoms with van der Waals surface area (Å²) in [7, 11) is 0. The Morgan fingerprint density at radius 2 is 1.92 bits per heavy atom. The van der Waals surface area contributed by atoms with E-state index in [0.29, 0.717) is 12.5 Å². The normalized spacial score (nSPS) is 37.4. The Kier molecular flexibility index (Phi) is 1.52. The predicted octanol–water partition coefficient (Wildman–Crippen LogP) is 2.05. The lowest BCUT2D eigenvalue weighted by atomic mass is 9.93. The molecule has 0 unspecified atom stereocenters. The van der Waals surface area contributed by atoms with Gasteiger partial charge in [-0.1, -0.05) is 12.0 Å². The molecule has 0 spiro atoms. The van der Waals surface area contributed by atoms with Gasteiger partial charge in [0.1, 0.15) is 0 Å². The minimum absolute atomic E-state index is 0.0399. The summed E-state index contributed by atoms with van der Waals surface area (Å²) in [4.78, 5) is 11.2. The van der Waals surface area contributed by atoms with E-state index < -0.39 is 0 Å². The van der Waals surface area contributed by atoms with Crippen molar-refractivity contribution in [1.29, 1.82) is 0 Å². The lowest BCUT2D eigenvalue weighted by Gasteiger charge is -2.13. The predicted molar refractivity (Wildman–Crippen MR) is 48.1 cm³/mol. The van der Waals surface area contributed by atoms with Gasteiger partial charge in [-0.05, 0) is 31.3 Å². The first kappa shape index (κ1) is 7.60. The molecule has 2 heteroatoms. The van der Waals surface area contributed by atoms with Crippen LogP contribution in [-0.4, -0.2) is 12.6 Å². The van der Waals surface area contributed by atoms with Gasteiger partial charge >= 0.3 is 5.97 Å². The minimum atomic E-state index is 0.0399. The van der Waals surface area contributed by atoms with Crippen molar-refractivity contribution in [1.82, 2.24) is 0 Å². The third-order valence-corrected chi connectivity index (χ3v) is 3.55. The second kappa shape index (κ2) is 2.60. The Bertz CT molecular complexity index is 282. The number of carbonyl (C=O) groups is 1. The molecule has 0 bridgehead atoms. The number of esters is 1. The molecule has 0 amide bonds. The van der Waals surface area contributed by atoms with Crippen LogP contribution < -0.4 is 0 Å². The standard InChI is InChI=1S/C11H14O2/c12-11-10-8(6-13-11)9(10)7-4-2-1-3-5-7/h8,10H,1-6H2/t8-,10+/m0/s1. The van der Waals surface area contributed by atoms with E-state index >= 15 is 0 Å². The van der Waals surface area contributed by atoms with Crippen LogP contribution in [0.1, 0.15) is 32.1 Å². The summed E-state index contributed by atoms with van der Waals surface area (Å²) in [5, 5.41) is 0. The van der Waals surface area contributed by atoms with Crippen LogP contribution in [0.25, 0.3) is 0 Å². The summed E-state index contributed by atoms with van der Waals surface area (Å²) in [5.41, 5.74) is 3.06. The van der Waals surface area contributed by atoms with Crippen molar-refractivity contribution in [3.8, 4) is 0 Å². The van der Waals surface area contributed by atoms with Crippen LogP contribution >= 0.6 is 0 Å². The van der Waals surface area contributed by atoms with E-state index in [9.17, 15) is 4.79 Å². The third kappa shape index (κ3) is 1.04. The molecule has 3 rings (SSSR count). The van der Waals surface area contributed by atoms with Crippen LogP contribution in [0.2, 0.25) is 0 Å². The molecular formula is C11H14O2. The fraction of sp³-hybridized carbons (Fsp3) is 0.727. The lowest BCUT2D eigenvalue weighted by Crippen LogP contribution is -2.03. The molecule has 1 aliphatic heterocycles. The maximum Gasteiger partial charge on any atom is 0.313 e. The molecule has 2 aliphatic carbocycles. The molecule has 2 saturated carbocycles. The summed E-state index contributed by atoms with van der Waals surface area (Å²) in [6.07, 6.45) is 6.52. The van der Waals surface area contributed by atoms with E-state index in [0.717, 1.165) is 0 Å². The van der Waals surface area contributed by atoms with Crippen LogP contribution in [0.3, 0.4) is 0 Å². The zero-order valence-electron chi connectivity index (χ0n) is 7.71. The Balaban J connectivity index is 1.83. The quantitative estimate of drug-likeness (QED) is 0.419. The largest absolute Gasteiger partial charge is 0.465 e. The molecule has 1 saturated heterocycles. The molecule has 0 radical (unpaired) electrons. The van der Waals surface area contributed by atoms with E-state index in [1.165, 1.54) is 37.7 Å². The molecule has 70 valence electrons. The Morgan fingerprint density at radius 1 is 1.15 bits per heavy atom. The van der Waals surface area contributed by atoms with Crippen LogP contribution in [0.15, 0.2) is 11.1 Å². The number of cyclic esters (lactones) is 1. The van der Waals surface area contributed by atoms with Gasteiger partial charge in [-0.2, -0.15) is 0 Å². The van der Waals surface area contributed by atoms with Gasteiger partial charge in [0, 0.05) is 5.92 Å². The summed E-state index contributed by atoms with van der Waals surface area (Å²) in [5.74, 6) is 0.742. The number of allylic oxidation sites excluding steroid dienone is 1. The smallest absolute Gasteiger partial charge is 0.313 e. The van der Waals surface area contributed by atoms with Gasteiger partial charge in [-0.25, -0.2) is 0 Å². The first-order valence-electron chi connectivity index (χ1n) is 5.26. The second-order valence-electron chi connectivity index (χ2n) is 4.33. The Morgan fingerprint density at radius 3 is 2.54 bits per heavy atom. The minimum Gasteiger partial charge on any atom is -0.465 e. The van der Waals surface area contributed by atoms with Crippen molar-refractivity contribution in [2.45, 2.75) is 32.1 Å². The topological polar surface area (TPSA) is 26.3 Å². The number of hydrogen-bond acceptors (Lipinski definition) is 2. The highest BCUT2D eigenvalue weighted by Gasteiger charge is 2.56. The van der Waals surface area contributed by atoms with Gasteiger partial charge in [0.2, 0.25) is 0 Å². The number of hydrogen-bond donors (Lipinski definition) is 0. The van der Waals surface area contributed by atoms with E-state index in [-0.39, 0.29) is 11.9 Å². The monoisotopic (exact) mass is 178 g/mol. The molecule has 2 atom stereocenters. The van der Waals surface area contributed by atoms with E-state index in [2.05, 4.69) is 0 Å². The van der Waals surface area contributed by atoms with Gasteiger partial charge in [0.05, 0.1) is 12.5 Å². The summed E-state index contributed by atoms with van der Waals surface area (Å²) in [6, 6.07) is 0. The zero-order valence-corrected chi connectivity index (χ0v) is 7.71. The van der Waals surface area contributed by atoms with E-state index in [1.54, 1.807) is 5.57 Å². The second-order valence-corrected chi connectivity index (χ2v) is 4.33. The first-order chi connectivity index (χ1) is 6.38. The van der Waals surface area contributed by atoms with Gasteiger partial charge in [0.15, 0.2) is 0 Å². The van der Waals surface area contributed by atoms with Gasteiger partial charge < -0.3 is 4.74 Å². The van der Waals surface area contributed by atoms with Crippen molar-refractivity contribution >= 4 is 5.97 Å². The third-order valence-electron chi connectivity index (χ3n) is 3.55. The number of ether oxygens (including phenoxy) is 1. The van der Waals surface area contributed by atoms with Crippen molar-refractivity contribution in [3.05, 3.63) is 11.1 Å². The molecule has 0 aromatic rings. The van der Waals surface area contributed by atoms with E-state index in [4.69, 9.17) is 4.74 Å². The van der Waals surface area contributed by atoms with Crippen molar-refractivity contribution in [3.63, 3.8) is 0 Å². The Labute approximate surface area is 78.0 Å². The average Bonchev–Trinajstić information content (AvgIpc) is 2.80. The van der Waals surface area contributed by atoms with Crippen molar-refractivity contribution < 1.29 is 9.53 Å². The molecule has 3 aliphatic rings. The summed E-state index contributed by atoms with van der Waals surface area (Å²) >= 11 is 0. The van der Waals surface area contributed by atoms with Gasteiger partial charge in [0.25, 0.3) is 0 Å².